The molecule has 160 valence electrons. The van der Waals surface area contributed by atoms with E-state index in [0.29, 0.717) is 22.6 Å². The number of halogens is 1. The third kappa shape index (κ3) is 4.16. The Morgan fingerprint density at radius 2 is 2.10 bits per heavy atom. The van der Waals surface area contributed by atoms with E-state index in [0.717, 1.165) is 22.5 Å². The van der Waals surface area contributed by atoms with Gasteiger partial charge < -0.3 is 8.98 Å². The van der Waals surface area contributed by atoms with Crippen LogP contribution in [-0.2, 0) is 25.6 Å². The summed E-state index contributed by atoms with van der Waals surface area (Å²) in [7, 11) is 2.01. The number of aromatic nitrogens is 5. The van der Waals surface area contributed by atoms with Crippen LogP contribution in [0.15, 0.2) is 39.9 Å². The van der Waals surface area contributed by atoms with Gasteiger partial charge in [-0.05, 0) is 48.9 Å². The predicted octanol–water partition coefficient (Wildman–Crippen LogP) is 6.05. The summed E-state index contributed by atoms with van der Waals surface area (Å²) < 4.78 is 7.84. The number of fused-ring (bicyclic) bond motifs is 1. The first kappa shape index (κ1) is 20.7. The van der Waals surface area contributed by atoms with Crippen LogP contribution in [-0.4, -0.2) is 25.0 Å². The van der Waals surface area contributed by atoms with Gasteiger partial charge in [-0.3, -0.25) is 0 Å². The Hall–Kier alpha value is -2.16. The monoisotopic (exact) mass is 471 g/mol. The molecule has 6 nitrogen and oxygen atoms in total. The number of thioether (sulfide) groups is 1. The van der Waals surface area contributed by atoms with Gasteiger partial charge in [0.1, 0.15) is 0 Å². The molecule has 0 spiro atoms. The minimum Gasteiger partial charge on any atom is -0.420 e. The van der Waals surface area contributed by atoms with Crippen molar-refractivity contribution < 1.29 is 4.42 Å². The first-order chi connectivity index (χ1) is 15.1. The molecule has 1 unspecified atom stereocenters. The van der Waals surface area contributed by atoms with E-state index in [-0.39, 0.29) is 0 Å². The average Bonchev–Trinajstić information content (AvgIpc) is 3.50. The molecule has 9 heteroatoms. The molecule has 0 N–H and O–H groups in total. The van der Waals surface area contributed by atoms with Crippen LogP contribution in [0.25, 0.3) is 22.2 Å². The highest BCUT2D eigenvalue weighted by molar-refractivity contribution is 7.98. The van der Waals surface area contributed by atoms with E-state index in [2.05, 4.69) is 33.4 Å². The molecule has 1 atom stereocenters. The Balaban J connectivity index is 1.30. The highest BCUT2D eigenvalue weighted by atomic mass is 35.5. The maximum absolute atomic E-state index is 6.22. The van der Waals surface area contributed by atoms with Gasteiger partial charge in [0.2, 0.25) is 11.8 Å². The summed E-state index contributed by atoms with van der Waals surface area (Å²) in [5, 5.41) is 18.6. The fraction of sp³-hybridized carbons (Fsp3) is 0.364. The molecule has 1 aromatic carbocycles. The van der Waals surface area contributed by atoms with E-state index in [9.17, 15) is 0 Å². The number of rotatable bonds is 6. The van der Waals surface area contributed by atoms with Crippen LogP contribution in [0.5, 0.6) is 0 Å². The molecule has 0 aliphatic heterocycles. The van der Waals surface area contributed by atoms with Crippen molar-refractivity contribution in [1.82, 2.24) is 25.0 Å². The Labute approximate surface area is 194 Å². The largest absolute Gasteiger partial charge is 0.420 e. The Kier molecular flexibility index (Phi) is 5.86. The van der Waals surface area contributed by atoms with Gasteiger partial charge in [0.05, 0.1) is 21.2 Å². The van der Waals surface area contributed by atoms with Gasteiger partial charge in [0.25, 0.3) is 0 Å². The normalized spacial score (nSPS) is 15.9. The van der Waals surface area contributed by atoms with Crippen molar-refractivity contribution in [3.05, 3.63) is 51.7 Å². The third-order valence-corrected chi connectivity index (χ3v) is 8.28. The first-order valence-electron chi connectivity index (χ1n) is 10.3. The van der Waals surface area contributed by atoms with Crippen molar-refractivity contribution in [3.8, 4) is 22.2 Å². The van der Waals surface area contributed by atoms with Crippen LogP contribution in [0.3, 0.4) is 0 Å². The summed E-state index contributed by atoms with van der Waals surface area (Å²) in [5.74, 6) is 3.20. The molecule has 0 fully saturated rings. The Morgan fingerprint density at radius 3 is 2.94 bits per heavy atom. The minimum absolute atomic E-state index is 0.425. The maximum Gasteiger partial charge on any atom is 0.249 e. The van der Waals surface area contributed by atoms with Crippen molar-refractivity contribution in [1.29, 1.82) is 0 Å². The zero-order valence-corrected chi connectivity index (χ0v) is 19.7. The first-order valence-corrected chi connectivity index (χ1v) is 12.5. The maximum atomic E-state index is 6.22. The standard InChI is InChI=1S/C22H22ClN5OS2/c1-3-13-8-9-17-14(10-13)11-18(31-17)20-25-27-22(28(20)2)30-12-19-24-26-21(29-19)15-6-4-5-7-16(15)23/h4-7,11,13H,3,8-10,12H2,1-2H3. The molecular weight excluding hydrogens is 450 g/mol. The van der Waals surface area contributed by atoms with Crippen LogP contribution in [0.1, 0.15) is 36.1 Å². The molecule has 4 aromatic rings. The third-order valence-electron chi connectivity index (χ3n) is 5.71. The Morgan fingerprint density at radius 1 is 1.23 bits per heavy atom. The summed E-state index contributed by atoms with van der Waals surface area (Å²) >= 11 is 9.61. The molecule has 31 heavy (non-hydrogen) atoms. The van der Waals surface area contributed by atoms with Crippen LogP contribution < -0.4 is 0 Å². The zero-order chi connectivity index (χ0) is 21.4. The molecule has 1 aliphatic rings. The molecular formula is C22H22ClN5OS2. The van der Waals surface area contributed by atoms with E-state index in [1.807, 2.05) is 41.2 Å². The van der Waals surface area contributed by atoms with Crippen molar-refractivity contribution in [2.45, 2.75) is 43.5 Å². The van der Waals surface area contributed by atoms with Gasteiger partial charge in [-0.1, -0.05) is 48.8 Å². The van der Waals surface area contributed by atoms with Gasteiger partial charge in [-0.25, -0.2) is 0 Å². The number of hydrogen-bond acceptors (Lipinski definition) is 7. The summed E-state index contributed by atoms with van der Waals surface area (Å²) in [6.07, 6.45) is 4.92. The van der Waals surface area contributed by atoms with E-state index in [1.54, 1.807) is 6.07 Å². The van der Waals surface area contributed by atoms with Crippen molar-refractivity contribution in [2.75, 3.05) is 0 Å². The van der Waals surface area contributed by atoms with Crippen molar-refractivity contribution in [2.24, 2.45) is 13.0 Å². The van der Waals surface area contributed by atoms with Crippen LogP contribution in [0.4, 0.5) is 0 Å². The lowest BCUT2D eigenvalue weighted by Crippen LogP contribution is -2.10. The number of aryl methyl sites for hydroxylation is 1. The van der Waals surface area contributed by atoms with Crippen LogP contribution in [0, 0.1) is 5.92 Å². The molecule has 0 bridgehead atoms. The van der Waals surface area contributed by atoms with E-state index in [4.69, 9.17) is 16.0 Å². The second-order valence-corrected chi connectivity index (χ2v) is 10.2. The topological polar surface area (TPSA) is 69.6 Å². The SMILES string of the molecule is CCC1CCc2sc(-c3nnc(SCc4nnc(-c5ccccc5Cl)o4)n3C)cc2C1. The van der Waals surface area contributed by atoms with Gasteiger partial charge in [-0.2, -0.15) is 0 Å². The highest BCUT2D eigenvalue weighted by Crippen LogP contribution is 2.38. The van der Waals surface area contributed by atoms with Gasteiger partial charge in [0, 0.05) is 11.9 Å². The molecule has 3 aromatic heterocycles. The number of hydrogen-bond donors (Lipinski definition) is 0. The molecule has 0 amide bonds. The molecule has 0 saturated carbocycles. The van der Waals surface area contributed by atoms with E-state index in [1.165, 1.54) is 52.8 Å². The minimum atomic E-state index is 0.425. The second-order valence-electron chi connectivity index (χ2n) is 7.71. The summed E-state index contributed by atoms with van der Waals surface area (Å²) in [5.41, 5.74) is 2.23. The summed E-state index contributed by atoms with van der Waals surface area (Å²) in [6.45, 7) is 2.29. The lowest BCUT2D eigenvalue weighted by atomic mass is 9.87. The van der Waals surface area contributed by atoms with Gasteiger partial charge in [-0.15, -0.1) is 31.7 Å². The summed E-state index contributed by atoms with van der Waals surface area (Å²) in [6, 6.07) is 9.75. The summed E-state index contributed by atoms with van der Waals surface area (Å²) in [4.78, 5) is 2.71. The second kappa shape index (κ2) is 8.76. The van der Waals surface area contributed by atoms with Crippen LogP contribution >= 0.6 is 34.7 Å². The molecule has 0 radical (unpaired) electrons. The van der Waals surface area contributed by atoms with E-state index >= 15 is 0 Å². The van der Waals surface area contributed by atoms with E-state index < -0.39 is 0 Å². The van der Waals surface area contributed by atoms with Gasteiger partial charge in [0.15, 0.2) is 11.0 Å². The number of nitrogens with zero attached hydrogens (tertiary/aromatic N) is 5. The fourth-order valence-corrected chi connectivity index (χ4v) is 6.09. The number of thiophene rings is 1. The van der Waals surface area contributed by atoms with Crippen molar-refractivity contribution in [3.63, 3.8) is 0 Å². The van der Waals surface area contributed by atoms with Crippen LogP contribution in [0.2, 0.25) is 5.02 Å². The van der Waals surface area contributed by atoms with Gasteiger partial charge >= 0.3 is 0 Å². The fourth-order valence-electron chi connectivity index (χ4n) is 3.89. The lowest BCUT2D eigenvalue weighted by Gasteiger charge is -2.19. The number of benzene rings is 1. The molecule has 1 aliphatic carbocycles. The smallest absolute Gasteiger partial charge is 0.249 e. The molecule has 5 rings (SSSR count). The quantitative estimate of drug-likeness (QED) is 0.318. The average molecular weight is 472 g/mol. The Bertz CT molecular complexity index is 1210. The molecule has 3 heterocycles. The highest BCUT2D eigenvalue weighted by Gasteiger charge is 2.22. The zero-order valence-electron chi connectivity index (χ0n) is 17.3. The lowest BCUT2D eigenvalue weighted by molar-refractivity contribution is 0.449. The molecule has 0 saturated heterocycles. The predicted molar refractivity (Wildman–Crippen MR) is 124 cm³/mol. The van der Waals surface area contributed by atoms with Crippen molar-refractivity contribution >= 4 is 34.7 Å².